The molecule has 0 saturated carbocycles. The minimum absolute atomic E-state index is 0.0763. The fourth-order valence-electron chi connectivity index (χ4n) is 2.13. The Morgan fingerprint density at radius 1 is 1.33 bits per heavy atom. The van der Waals surface area contributed by atoms with Gasteiger partial charge in [0.2, 0.25) is 0 Å². The third-order valence-electron chi connectivity index (χ3n) is 3.54. The minimum Gasteiger partial charge on any atom is -0.496 e. The number of nitrogens with two attached hydrogens (primary N) is 1. The smallest absolute Gasteiger partial charge is 0.171 e. The number of rotatable bonds is 5. The van der Waals surface area contributed by atoms with Crippen molar-refractivity contribution in [3.63, 3.8) is 0 Å². The molecule has 0 spiro atoms. The standard InChI is InChI=1S/C15H23NO2/c1-9(2)13(8-16)14(17)12-7-6-10(3)11(4)15(12)18-5/h6-7,9,13H,8,16H2,1-5H3. The fraction of sp³-hybridized carbons (Fsp3) is 0.533. The SMILES string of the molecule is COc1c(C(=O)C(CN)C(C)C)ccc(C)c1C. The molecule has 0 radical (unpaired) electrons. The number of methoxy groups -OCH3 is 1. The zero-order valence-corrected chi connectivity index (χ0v) is 11.9. The summed E-state index contributed by atoms with van der Waals surface area (Å²) in [6.45, 7) is 8.38. The van der Waals surface area contributed by atoms with Crippen molar-refractivity contribution in [2.75, 3.05) is 13.7 Å². The summed E-state index contributed by atoms with van der Waals surface area (Å²) in [6, 6.07) is 3.80. The van der Waals surface area contributed by atoms with E-state index in [0.717, 1.165) is 11.1 Å². The molecule has 0 heterocycles. The van der Waals surface area contributed by atoms with Gasteiger partial charge < -0.3 is 10.5 Å². The van der Waals surface area contributed by atoms with Crippen LogP contribution in [0.4, 0.5) is 0 Å². The number of ketones is 1. The highest BCUT2D eigenvalue weighted by Crippen LogP contribution is 2.29. The molecule has 3 heteroatoms. The summed E-state index contributed by atoms with van der Waals surface area (Å²) in [7, 11) is 1.60. The van der Waals surface area contributed by atoms with Crippen molar-refractivity contribution in [3.8, 4) is 5.75 Å². The fourth-order valence-corrected chi connectivity index (χ4v) is 2.13. The van der Waals surface area contributed by atoms with Crippen molar-refractivity contribution in [2.24, 2.45) is 17.6 Å². The molecular formula is C15H23NO2. The van der Waals surface area contributed by atoms with Gasteiger partial charge in [0, 0.05) is 12.5 Å². The average molecular weight is 249 g/mol. The van der Waals surface area contributed by atoms with Gasteiger partial charge in [0.05, 0.1) is 12.7 Å². The van der Waals surface area contributed by atoms with Crippen LogP contribution < -0.4 is 10.5 Å². The maximum atomic E-state index is 12.5. The number of hydrogen-bond donors (Lipinski definition) is 1. The number of Topliss-reactive ketones (excluding diaryl/α,β-unsaturated/α-hetero) is 1. The molecule has 100 valence electrons. The van der Waals surface area contributed by atoms with Gasteiger partial charge in [0.15, 0.2) is 5.78 Å². The molecule has 1 aromatic carbocycles. The van der Waals surface area contributed by atoms with Crippen molar-refractivity contribution < 1.29 is 9.53 Å². The van der Waals surface area contributed by atoms with E-state index in [2.05, 4.69) is 0 Å². The minimum atomic E-state index is -0.152. The monoisotopic (exact) mass is 249 g/mol. The molecule has 3 nitrogen and oxygen atoms in total. The first-order valence-corrected chi connectivity index (χ1v) is 6.32. The molecule has 0 aliphatic heterocycles. The summed E-state index contributed by atoms with van der Waals surface area (Å²) in [4.78, 5) is 12.5. The van der Waals surface area contributed by atoms with Gasteiger partial charge in [-0.05, 0) is 37.0 Å². The second-order valence-corrected chi connectivity index (χ2v) is 5.04. The zero-order chi connectivity index (χ0) is 13.9. The van der Waals surface area contributed by atoms with Crippen molar-refractivity contribution >= 4 is 5.78 Å². The van der Waals surface area contributed by atoms with Gasteiger partial charge in [-0.2, -0.15) is 0 Å². The van der Waals surface area contributed by atoms with E-state index in [1.165, 1.54) is 0 Å². The quantitative estimate of drug-likeness (QED) is 0.816. The van der Waals surface area contributed by atoms with Gasteiger partial charge >= 0.3 is 0 Å². The molecule has 1 rings (SSSR count). The largest absolute Gasteiger partial charge is 0.496 e. The Kier molecular flexibility index (Phi) is 4.91. The number of benzene rings is 1. The number of hydrogen-bond acceptors (Lipinski definition) is 3. The van der Waals surface area contributed by atoms with Crippen LogP contribution in [0.5, 0.6) is 5.75 Å². The topological polar surface area (TPSA) is 52.3 Å². The molecule has 0 saturated heterocycles. The van der Waals surface area contributed by atoms with Crippen LogP contribution in [-0.4, -0.2) is 19.4 Å². The summed E-state index contributed by atoms with van der Waals surface area (Å²) in [5.41, 5.74) is 8.49. The molecule has 18 heavy (non-hydrogen) atoms. The van der Waals surface area contributed by atoms with Crippen LogP contribution in [0.25, 0.3) is 0 Å². The normalized spacial score (nSPS) is 12.6. The highest BCUT2D eigenvalue weighted by molar-refractivity contribution is 6.01. The Morgan fingerprint density at radius 2 is 1.94 bits per heavy atom. The maximum absolute atomic E-state index is 12.5. The third kappa shape index (κ3) is 2.72. The van der Waals surface area contributed by atoms with E-state index in [9.17, 15) is 4.79 Å². The Morgan fingerprint density at radius 3 is 2.39 bits per heavy atom. The van der Waals surface area contributed by atoms with Crippen molar-refractivity contribution in [2.45, 2.75) is 27.7 Å². The number of aryl methyl sites for hydroxylation is 1. The molecule has 0 bridgehead atoms. The van der Waals surface area contributed by atoms with E-state index in [1.54, 1.807) is 7.11 Å². The van der Waals surface area contributed by atoms with Crippen molar-refractivity contribution in [3.05, 3.63) is 28.8 Å². The number of carbonyl (C=O) groups is 1. The Bertz CT molecular complexity index is 438. The third-order valence-corrected chi connectivity index (χ3v) is 3.54. The summed E-state index contributed by atoms with van der Waals surface area (Å²) in [6.07, 6.45) is 0. The Balaban J connectivity index is 3.25. The van der Waals surface area contributed by atoms with Crippen LogP contribution in [0.3, 0.4) is 0 Å². The van der Waals surface area contributed by atoms with Crippen molar-refractivity contribution in [1.82, 2.24) is 0 Å². The summed E-state index contributed by atoms with van der Waals surface area (Å²) in [5.74, 6) is 0.835. The van der Waals surface area contributed by atoms with Gasteiger partial charge in [0.1, 0.15) is 5.75 Å². The molecule has 0 aliphatic rings. The van der Waals surface area contributed by atoms with E-state index >= 15 is 0 Å². The van der Waals surface area contributed by atoms with Crippen LogP contribution in [-0.2, 0) is 0 Å². The van der Waals surface area contributed by atoms with Gasteiger partial charge in [-0.15, -0.1) is 0 Å². The van der Waals surface area contributed by atoms with Gasteiger partial charge in [-0.25, -0.2) is 0 Å². The van der Waals surface area contributed by atoms with Gasteiger partial charge in [-0.3, -0.25) is 4.79 Å². The lowest BCUT2D eigenvalue weighted by atomic mass is 9.86. The predicted molar refractivity (Wildman–Crippen MR) is 74.2 cm³/mol. The van der Waals surface area contributed by atoms with E-state index in [4.69, 9.17) is 10.5 Å². The molecule has 2 N–H and O–H groups in total. The van der Waals surface area contributed by atoms with Crippen LogP contribution in [0.1, 0.15) is 35.3 Å². The second-order valence-electron chi connectivity index (χ2n) is 5.04. The molecule has 0 fully saturated rings. The lowest BCUT2D eigenvalue weighted by Gasteiger charge is -2.20. The molecule has 1 atom stereocenters. The zero-order valence-electron chi connectivity index (χ0n) is 11.9. The number of carbonyl (C=O) groups excluding carboxylic acids is 1. The lowest BCUT2D eigenvalue weighted by Crippen LogP contribution is -2.28. The first-order valence-electron chi connectivity index (χ1n) is 6.32. The molecule has 0 aliphatic carbocycles. The maximum Gasteiger partial charge on any atom is 0.171 e. The highest BCUT2D eigenvalue weighted by Gasteiger charge is 2.25. The van der Waals surface area contributed by atoms with Gasteiger partial charge in [-0.1, -0.05) is 19.9 Å². The molecule has 1 unspecified atom stereocenters. The summed E-state index contributed by atoms with van der Waals surface area (Å²) >= 11 is 0. The molecule has 1 aromatic rings. The van der Waals surface area contributed by atoms with Crippen molar-refractivity contribution in [1.29, 1.82) is 0 Å². The van der Waals surface area contributed by atoms with E-state index in [1.807, 2.05) is 39.8 Å². The second kappa shape index (κ2) is 6.01. The summed E-state index contributed by atoms with van der Waals surface area (Å²) < 4.78 is 5.39. The Hall–Kier alpha value is -1.35. The summed E-state index contributed by atoms with van der Waals surface area (Å²) in [5, 5.41) is 0. The van der Waals surface area contributed by atoms with Crippen LogP contribution in [0.2, 0.25) is 0 Å². The predicted octanol–water partition coefficient (Wildman–Crippen LogP) is 2.73. The van der Waals surface area contributed by atoms with E-state index in [-0.39, 0.29) is 17.6 Å². The van der Waals surface area contributed by atoms with Crippen LogP contribution in [0.15, 0.2) is 12.1 Å². The average Bonchev–Trinajstić information content (AvgIpc) is 2.32. The number of ether oxygens (including phenoxy) is 1. The van der Waals surface area contributed by atoms with Crippen LogP contribution in [0, 0.1) is 25.7 Å². The Labute approximate surface area is 109 Å². The molecule has 0 amide bonds. The molecule has 0 aromatic heterocycles. The van der Waals surface area contributed by atoms with Crippen LogP contribution >= 0.6 is 0 Å². The highest BCUT2D eigenvalue weighted by atomic mass is 16.5. The first-order chi connectivity index (χ1) is 8.43. The molecular weight excluding hydrogens is 226 g/mol. The lowest BCUT2D eigenvalue weighted by molar-refractivity contribution is 0.0889. The van der Waals surface area contributed by atoms with Gasteiger partial charge in [0.25, 0.3) is 0 Å². The van der Waals surface area contributed by atoms with E-state index < -0.39 is 0 Å². The van der Waals surface area contributed by atoms with E-state index in [0.29, 0.717) is 17.9 Å². The first kappa shape index (κ1) is 14.7.